The maximum atomic E-state index is 14.3. The minimum atomic E-state index is -1.34. The third kappa shape index (κ3) is 10.7. The number of nitrogens with zero attached hydrogens (tertiary/aromatic N) is 2. The number of aliphatic hydroxyl groups excluding tert-OH is 3. The highest BCUT2D eigenvalue weighted by Gasteiger charge is 2.65. The molecule has 6 atom stereocenters. The van der Waals surface area contributed by atoms with Crippen LogP contribution >= 0.6 is 0 Å². The lowest BCUT2D eigenvalue weighted by Gasteiger charge is -2.60. The van der Waals surface area contributed by atoms with E-state index in [9.17, 15) is 15.0 Å². The molecule has 0 unspecified atom stereocenters. The van der Waals surface area contributed by atoms with Gasteiger partial charge in [0.25, 0.3) is 0 Å². The van der Waals surface area contributed by atoms with Gasteiger partial charge in [0.05, 0.1) is 38.1 Å². The molecule has 1 fully saturated rings. The number of carbonyl (C=O) groups is 1. The molecule has 4 N–H and O–H groups in total. The Balaban J connectivity index is 2.00. The minimum Gasteiger partial charge on any atom is -0.490 e. The van der Waals surface area contributed by atoms with Crippen LogP contribution in [0.1, 0.15) is 90.5 Å². The molecule has 1 aromatic carbocycles. The first-order valence-electron chi connectivity index (χ1n) is 19.8. The van der Waals surface area contributed by atoms with Crippen LogP contribution in [0, 0.1) is 17.8 Å². The molecule has 2 amide bonds. The number of oxime groups is 1. The van der Waals surface area contributed by atoms with Gasteiger partial charge in [0.2, 0.25) is 5.79 Å². The maximum Gasteiger partial charge on any atom is 0.317 e. The molecule has 0 radical (unpaired) electrons. The van der Waals surface area contributed by atoms with E-state index in [4.69, 9.17) is 34.0 Å². The number of unbranched alkanes of at least 4 members (excludes halogenated alkanes) is 2. The molecule has 1 saturated carbocycles. The van der Waals surface area contributed by atoms with Crippen LogP contribution in [-0.2, 0) is 14.3 Å². The molecule has 12 nitrogen and oxygen atoms in total. The number of fused-ring (bicyclic) bond motifs is 2. The van der Waals surface area contributed by atoms with Crippen LogP contribution in [0.15, 0.2) is 60.3 Å². The molecule has 0 bridgehead atoms. The lowest BCUT2D eigenvalue weighted by Crippen LogP contribution is -2.71. The summed E-state index contributed by atoms with van der Waals surface area (Å²) in [6.07, 6.45) is 11.5. The predicted molar refractivity (Wildman–Crippen MR) is 210 cm³/mol. The Hall–Kier alpha value is -3.42. The van der Waals surface area contributed by atoms with Crippen molar-refractivity contribution in [3.8, 4) is 11.5 Å². The average Bonchev–Trinajstić information content (AvgIpc) is 3.15. The van der Waals surface area contributed by atoms with Crippen molar-refractivity contribution in [3.05, 3.63) is 60.7 Å². The Bertz CT molecular complexity index is 1430. The van der Waals surface area contributed by atoms with Gasteiger partial charge in [0.15, 0.2) is 0 Å². The SMILES string of the molecule is C=CCOc1ccc2c(c1)[C@H]1[C@H](CCCCO)[C@@H](CCCCO)C=C3C(=NOC(C)(C)C)C[C@H](N(CCC)C(=O)NCCOCCO)[C@@](OCC=C)(O2)[C@H]31. The summed E-state index contributed by atoms with van der Waals surface area (Å²) in [6.45, 7) is 17.6. The quantitative estimate of drug-likeness (QED) is 0.0589. The van der Waals surface area contributed by atoms with Crippen molar-refractivity contribution in [3.63, 3.8) is 0 Å². The zero-order chi connectivity index (χ0) is 39.1. The summed E-state index contributed by atoms with van der Waals surface area (Å²) in [6, 6.07) is 5.00. The van der Waals surface area contributed by atoms with E-state index < -0.39 is 23.3 Å². The number of rotatable bonds is 23. The number of carbonyl (C=O) groups excluding carboxylic acids is 1. The van der Waals surface area contributed by atoms with Crippen LogP contribution in [0.5, 0.6) is 11.5 Å². The van der Waals surface area contributed by atoms with Crippen LogP contribution in [0.4, 0.5) is 4.79 Å². The van der Waals surface area contributed by atoms with Crippen LogP contribution in [0.2, 0.25) is 0 Å². The normalized spacial score (nSPS) is 25.1. The molecule has 1 aliphatic heterocycles. The van der Waals surface area contributed by atoms with Crippen molar-refractivity contribution in [2.45, 2.75) is 102 Å². The third-order valence-electron chi connectivity index (χ3n) is 10.3. The number of amides is 2. The van der Waals surface area contributed by atoms with Crippen LogP contribution in [0.3, 0.4) is 0 Å². The van der Waals surface area contributed by atoms with Gasteiger partial charge in [-0.2, -0.15) is 0 Å². The van der Waals surface area contributed by atoms with Gasteiger partial charge >= 0.3 is 6.03 Å². The Labute approximate surface area is 322 Å². The first kappa shape index (κ1) is 43.3. The van der Waals surface area contributed by atoms with E-state index >= 15 is 0 Å². The third-order valence-corrected chi connectivity index (χ3v) is 10.3. The van der Waals surface area contributed by atoms with E-state index in [2.05, 4.69) is 30.6 Å². The van der Waals surface area contributed by atoms with Crippen molar-refractivity contribution in [2.75, 3.05) is 59.3 Å². The summed E-state index contributed by atoms with van der Waals surface area (Å²) in [5, 5.41) is 36.7. The Kier molecular flexibility index (Phi) is 16.9. The van der Waals surface area contributed by atoms with E-state index in [0.29, 0.717) is 50.3 Å². The lowest BCUT2D eigenvalue weighted by molar-refractivity contribution is -0.254. The molecule has 4 rings (SSSR count). The van der Waals surface area contributed by atoms with Crippen LogP contribution in [0.25, 0.3) is 0 Å². The molecule has 0 saturated heterocycles. The molecule has 2 aliphatic carbocycles. The molecule has 302 valence electrons. The molecular formula is C42H65N3O9. The zero-order valence-electron chi connectivity index (χ0n) is 33.0. The molecule has 3 aliphatic rings. The highest BCUT2D eigenvalue weighted by molar-refractivity contribution is 6.03. The molecule has 0 spiro atoms. The summed E-state index contributed by atoms with van der Waals surface area (Å²) in [4.78, 5) is 22.3. The summed E-state index contributed by atoms with van der Waals surface area (Å²) in [5.74, 6) is -0.302. The smallest absolute Gasteiger partial charge is 0.317 e. The van der Waals surface area contributed by atoms with Crippen molar-refractivity contribution in [2.24, 2.45) is 22.9 Å². The standard InChI is InChI=1S/C42H65N3O9/c1-7-19-45(40(49)43-18-25-50-26-22-48)37-29-35(44-54-41(4,5)6)33-27-30(14-10-12-20-46)32(15-11-13-21-47)38-34-28-31(51-23-8-2)16-17-36(34)53-42(37,39(33)38)52-24-9-3/h8-9,16-17,27-28,30,32,37-39,46-48H,2-3,7,10-15,18-26,29H2,1,4-6H3,(H,43,49)/t30-,32+,37-,38+,39+,42+/m0/s1. The van der Waals surface area contributed by atoms with Crippen LogP contribution < -0.4 is 14.8 Å². The van der Waals surface area contributed by atoms with Gasteiger partial charge in [0.1, 0.15) is 29.7 Å². The van der Waals surface area contributed by atoms with Gasteiger partial charge in [-0.05, 0) is 88.5 Å². The highest BCUT2D eigenvalue weighted by Crippen LogP contribution is 2.62. The van der Waals surface area contributed by atoms with Crippen molar-refractivity contribution in [1.29, 1.82) is 0 Å². The largest absolute Gasteiger partial charge is 0.490 e. The Morgan fingerprint density at radius 1 is 1.06 bits per heavy atom. The number of allylic oxidation sites excluding steroid dienone is 1. The van der Waals surface area contributed by atoms with Crippen molar-refractivity contribution in [1.82, 2.24) is 10.2 Å². The first-order valence-corrected chi connectivity index (χ1v) is 19.8. The highest BCUT2D eigenvalue weighted by atomic mass is 16.7. The van der Waals surface area contributed by atoms with E-state index in [-0.39, 0.29) is 70.0 Å². The zero-order valence-corrected chi connectivity index (χ0v) is 33.0. The van der Waals surface area contributed by atoms with Gasteiger partial charge in [-0.3, -0.25) is 0 Å². The van der Waals surface area contributed by atoms with E-state index in [1.54, 1.807) is 12.2 Å². The summed E-state index contributed by atoms with van der Waals surface area (Å²) < 4.78 is 25.8. The number of ether oxygens (including phenoxy) is 4. The Morgan fingerprint density at radius 2 is 1.80 bits per heavy atom. The number of aliphatic hydroxyl groups is 3. The number of hydrogen-bond acceptors (Lipinski definition) is 10. The number of hydrogen-bond donors (Lipinski definition) is 4. The summed E-state index contributed by atoms with van der Waals surface area (Å²) >= 11 is 0. The average molecular weight is 756 g/mol. The summed E-state index contributed by atoms with van der Waals surface area (Å²) in [5.41, 5.74) is 2.15. The first-order chi connectivity index (χ1) is 26.1. The van der Waals surface area contributed by atoms with E-state index in [1.807, 2.05) is 44.7 Å². The van der Waals surface area contributed by atoms with Gasteiger partial charge in [-0.25, -0.2) is 4.79 Å². The van der Waals surface area contributed by atoms with Crippen LogP contribution in [-0.4, -0.2) is 109 Å². The second kappa shape index (κ2) is 21.0. The fourth-order valence-electron chi connectivity index (χ4n) is 8.22. The van der Waals surface area contributed by atoms with Crippen molar-refractivity contribution < 1.29 is 43.9 Å². The molecule has 12 heteroatoms. The number of nitrogens with one attached hydrogen (secondary N) is 1. The molecular weight excluding hydrogens is 690 g/mol. The van der Waals surface area contributed by atoms with Crippen molar-refractivity contribution >= 4 is 11.7 Å². The number of urea groups is 1. The molecule has 1 heterocycles. The van der Waals surface area contributed by atoms with Gasteiger partial charge in [-0.1, -0.05) is 49.7 Å². The monoisotopic (exact) mass is 755 g/mol. The topological polar surface area (TPSA) is 152 Å². The molecule has 54 heavy (non-hydrogen) atoms. The Morgan fingerprint density at radius 3 is 2.46 bits per heavy atom. The van der Waals surface area contributed by atoms with E-state index in [1.165, 1.54) is 0 Å². The number of benzene rings is 1. The second-order valence-electron chi connectivity index (χ2n) is 15.3. The predicted octanol–water partition coefficient (Wildman–Crippen LogP) is 6.11. The van der Waals surface area contributed by atoms with Gasteiger partial charge in [-0.15, -0.1) is 6.58 Å². The van der Waals surface area contributed by atoms with Gasteiger partial charge in [0, 0.05) is 44.2 Å². The fraction of sp³-hybridized carbons (Fsp3) is 0.667. The summed E-state index contributed by atoms with van der Waals surface area (Å²) in [7, 11) is 0. The molecule has 1 aromatic rings. The second-order valence-corrected chi connectivity index (χ2v) is 15.3. The minimum absolute atomic E-state index is 0.0950. The van der Waals surface area contributed by atoms with Gasteiger partial charge < -0.3 is 49.3 Å². The molecule has 0 aromatic heterocycles. The van der Waals surface area contributed by atoms with E-state index in [0.717, 1.165) is 42.5 Å². The fourth-order valence-corrected chi connectivity index (χ4v) is 8.22. The lowest BCUT2D eigenvalue weighted by atomic mass is 9.55. The maximum absolute atomic E-state index is 14.3.